The van der Waals surface area contributed by atoms with Crippen molar-refractivity contribution in [3.63, 3.8) is 0 Å². The molecule has 0 amide bonds. The fourth-order valence-corrected chi connectivity index (χ4v) is 3.05. The molecule has 0 radical (unpaired) electrons. The lowest BCUT2D eigenvalue weighted by Crippen LogP contribution is -1.98. The summed E-state index contributed by atoms with van der Waals surface area (Å²) in [5, 5.41) is 0. The molecule has 1 heterocycles. The molecule has 0 aliphatic carbocycles. The predicted molar refractivity (Wildman–Crippen MR) is 98.6 cm³/mol. The summed E-state index contributed by atoms with van der Waals surface area (Å²) >= 11 is 0. The Morgan fingerprint density at radius 3 is 2.41 bits per heavy atom. The van der Waals surface area contributed by atoms with Crippen LogP contribution in [-0.2, 0) is 6.42 Å². The molecule has 1 aliphatic rings. The number of aliphatic imine (C=N–C) groups is 1. The van der Waals surface area contributed by atoms with Crippen LogP contribution in [0.2, 0.25) is 0 Å². The highest BCUT2D eigenvalue weighted by Crippen LogP contribution is 2.29. The first-order valence-electron chi connectivity index (χ1n) is 8.02. The van der Waals surface area contributed by atoms with Gasteiger partial charge in [-0.15, -0.1) is 0 Å². The maximum atomic E-state index is 4.56. The number of allylic oxidation sites excluding steroid dienone is 4. The average molecular weight is 293 g/mol. The molecule has 0 saturated carbocycles. The minimum Gasteiger partial charge on any atom is -0.285 e. The van der Waals surface area contributed by atoms with Crippen molar-refractivity contribution < 1.29 is 0 Å². The fraction of sp³-hybridized carbons (Fsp3) is 0.381. The minimum absolute atomic E-state index is 0.881. The normalized spacial score (nSPS) is 13.7. The quantitative estimate of drug-likeness (QED) is 0.618. The second-order valence-electron chi connectivity index (χ2n) is 6.60. The first-order chi connectivity index (χ1) is 10.4. The van der Waals surface area contributed by atoms with Gasteiger partial charge in [0.05, 0.1) is 6.54 Å². The van der Waals surface area contributed by atoms with Crippen LogP contribution in [0.15, 0.2) is 52.6 Å². The van der Waals surface area contributed by atoms with Crippen LogP contribution in [0.4, 0.5) is 0 Å². The summed E-state index contributed by atoms with van der Waals surface area (Å²) < 4.78 is 0. The van der Waals surface area contributed by atoms with Gasteiger partial charge in [0.25, 0.3) is 0 Å². The third-order valence-corrected chi connectivity index (χ3v) is 4.11. The molecular weight excluding hydrogens is 266 g/mol. The van der Waals surface area contributed by atoms with Crippen molar-refractivity contribution in [2.45, 2.75) is 47.5 Å². The number of rotatable bonds is 5. The SMILES string of the molecule is C=C(C)C(=C(C)C)c1cc(CCC2=NCC(C)=C2)ccc1C. The number of aryl methyl sites for hydroxylation is 2. The van der Waals surface area contributed by atoms with Crippen molar-refractivity contribution in [2.24, 2.45) is 4.99 Å². The highest BCUT2D eigenvalue weighted by molar-refractivity contribution is 5.97. The molecule has 1 heteroatoms. The molecule has 1 aromatic rings. The monoisotopic (exact) mass is 293 g/mol. The van der Waals surface area contributed by atoms with E-state index < -0.39 is 0 Å². The summed E-state index contributed by atoms with van der Waals surface area (Å²) in [7, 11) is 0. The van der Waals surface area contributed by atoms with E-state index >= 15 is 0 Å². The Morgan fingerprint density at radius 2 is 1.86 bits per heavy atom. The summed E-state index contributed by atoms with van der Waals surface area (Å²) in [6.45, 7) is 15.8. The van der Waals surface area contributed by atoms with Gasteiger partial charge in [-0.2, -0.15) is 0 Å². The zero-order chi connectivity index (χ0) is 16.3. The van der Waals surface area contributed by atoms with E-state index in [1.165, 1.54) is 39.1 Å². The average Bonchev–Trinajstić information content (AvgIpc) is 2.84. The molecule has 0 atom stereocenters. The predicted octanol–water partition coefficient (Wildman–Crippen LogP) is 5.70. The molecule has 0 fully saturated rings. The van der Waals surface area contributed by atoms with Gasteiger partial charge >= 0.3 is 0 Å². The molecule has 0 aromatic heterocycles. The third-order valence-electron chi connectivity index (χ3n) is 4.11. The second-order valence-corrected chi connectivity index (χ2v) is 6.60. The number of hydrogen-bond acceptors (Lipinski definition) is 1. The lowest BCUT2D eigenvalue weighted by atomic mass is 9.90. The Hall–Kier alpha value is -1.89. The number of nitrogens with zero attached hydrogens (tertiary/aromatic N) is 1. The highest BCUT2D eigenvalue weighted by atomic mass is 14.8. The summed E-state index contributed by atoms with van der Waals surface area (Å²) in [5.74, 6) is 0. The van der Waals surface area contributed by atoms with Gasteiger partial charge in [0, 0.05) is 5.71 Å². The van der Waals surface area contributed by atoms with Gasteiger partial charge in [-0.3, -0.25) is 4.99 Å². The molecule has 0 N–H and O–H groups in total. The van der Waals surface area contributed by atoms with E-state index in [2.05, 4.69) is 70.5 Å². The summed E-state index contributed by atoms with van der Waals surface area (Å²) in [5.41, 5.74) is 10.4. The van der Waals surface area contributed by atoms with Gasteiger partial charge in [0.15, 0.2) is 0 Å². The van der Waals surface area contributed by atoms with Gasteiger partial charge in [-0.05, 0) is 75.8 Å². The largest absolute Gasteiger partial charge is 0.285 e. The van der Waals surface area contributed by atoms with Crippen molar-refractivity contribution in [1.29, 1.82) is 0 Å². The van der Waals surface area contributed by atoms with Crippen molar-refractivity contribution >= 4 is 11.3 Å². The molecule has 1 aromatic carbocycles. The van der Waals surface area contributed by atoms with E-state index in [0.29, 0.717) is 0 Å². The first-order valence-corrected chi connectivity index (χ1v) is 8.02. The Labute approximate surface area is 135 Å². The van der Waals surface area contributed by atoms with Crippen LogP contribution < -0.4 is 0 Å². The molecule has 0 unspecified atom stereocenters. The molecule has 116 valence electrons. The first kappa shape index (κ1) is 16.5. The summed E-state index contributed by atoms with van der Waals surface area (Å²) in [4.78, 5) is 4.56. The Morgan fingerprint density at radius 1 is 1.14 bits per heavy atom. The lowest BCUT2D eigenvalue weighted by Gasteiger charge is -2.15. The zero-order valence-electron chi connectivity index (χ0n) is 14.6. The molecule has 1 nitrogen and oxygen atoms in total. The Balaban J connectivity index is 2.24. The summed E-state index contributed by atoms with van der Waals surface area (Å²) in [6, 6.07) is 6.80. The maximum Gasteiger partial charge on any atom is 0.0603 e. The molecule has 1 aliphatic heterocycles. The minimum atomic E-state index is 0.881. The number of benzene rings is 1. The molecule has 22 heavy (non-hydrogen) atoms. The van der Waals surface area contributed by atoms with Crippen molar-refractivity contribution in [3.8, 4) is 0 Å². The lowest BCUT2D eigenvalue weighted by molar-refractivity contribution is 1.03. The van der Waals surface area contributed by atoms with E-state index in [1.54, 1.807) is 0 Å². The standard InChI is InChI=1S/C21H27N/c1-14(2)21(15(3)4)20-12-18(8-7-17(20)6)9-10-19-11-16(5)13-22-19/h7-8,11-12H,1,9-10,13H2,2-6H3. The van der Waals surface area contributed by atoms with E-state index in [4.69, 9.17) is 0 Å². The highest BCUT2D eigenvalue weighted by Gasteiger charge is 2.10. The van der Waals surface area contributed by atoms with Crippen LogP contribution in [-0.4, -0.2) is 12.3 Å². The van der Waals surface area contributed by atoms with Crippen molar-refractivity contribution in [1.82, 2.24) is 0 Å². The molecule has 2 rings (SSSR count). The van der Waals surface area contributed by atoms with Gasteiger partial charge in [-0.1, -0.05) is 41.5 Å². The Bertz CT molecular complexity index is 680. The van der Waals surface area contributed by atoms with Crippen LogP contribution in [0.1, 0.15) is 50.8 Å². The van der Waals surface area contributed by atoms with Crippen LogP contribution in [0.3, 0.4) is 0 Å². The molecule has 0 spiro atoms. The maximum absolute atomic E-state index is 4.56. The topological polar surface area (TPSA) is 12.4 Å². The second kappa shape index (κ2) is 6.91. The van der Waals surface area contributed by atoms with Crippen molar-refractivity contribution in [2.75, 3.05) is 6.54 Å². The van der Waals surface area contributed by atoms with E-state index in [9.17, 15) is 0 Å². The van der Waals surface area contributed by atoms with Gasteiger partial charge in [0.1, 0.15) is 0 Å². The molecule has 0 saturated heterocycles. The van der Waals surface area contributed by atoms with Crippen LogP contribution in [0.25, 0.3) is 5.57 Å². The molecular formula is C21H27N. The zero-order valence-corrected chi connectivity index (χ0v) is 14.6. The van der Waals surface area contributed by atoms with Crippen LogP contribution >= 0.6 is 0 Å². The fourth-order valence-electron chi connectivity index (χ4n) is 3.05. The van der Waals surface area contributed by atoms with Crippen molar-refractivity contribution in [3.05, 3.63) is 64.3 Å². The van der Waals surface area contributed by atoms with E-state index in [1.807, 2.05) is 0 Å². The number of hydrogen-bond donors (Lipinski definition) is 0. The van der Waals surface area contributed by atoms with Gasteiger partial charge < -0.3 is 0 Å². The van der Waals surface area contributed by atoms with Gasteiger partial charge in [-0.25, -0.2) is 0 Å². The van der Waals surface area contributed by atoms with E-state index in [0.717, 1.165) is 25.0 Å². The van der Waals surface area contributed by atoms with E-state index in [-0.39, 0.29) is 0 Å². The smallest absolute Gasteiger partial charge is 0.0603 e. The third kappa shape index (κ3) is 3.85. The van der Waals surface area contributed by atoms with Crippen LogP contribution in [0.5, 0.6) is 0 Å². The Kier molecular flexibility index (Phi) is 5.18. The van der Waals surface area contributed by atoms with Gasteiger partial charge in [0.2, 0.25) is 0 Å². The summed E-state index contributed by atoms with van der Waals surface area (Å²) in [6.07, 6.45) is 4.30. The molecule has 0 bridgehead atoms. The van der Waals surface area contributed by atoms with Crippen LogP contribution in [0, 0.1) is 6.92 Å².